The lowest BCUT2D eigenvalue weighted by atomic mass is 9.80. The van der Waals surface area contributed by atoms with Gasteiger partial charge < -0.3 is 15.4 Å². The van der Waals surface area contributed by atoms with Crippen LogP contribution in [0, 0.1) is 0 Å². The van der Waals surface area contributed by atoms with Crippen molar-refractivity contribution in [1.82, 2.24) is 0 Å². The monoisotopic (exact) mass is 185 g/mol. The molecule has 3 N–H and O–H groups in total. The summed E-state index contributed by atoms with van der Waals surface area (Å²) in [7, 11) is 0.195. The molecule has 0 fully saturated rings. The summed E-state index contributed by atoms with van der Waals surface area (Å²) >= 11 is 5.82. The van der Waals surface area contributed by atoms with Crippen LogP contribution in [0.3, 0.4) is 0 Å². The van der Waals surface area contributed by atoms with Gasteiger partial charge in [0.05, 0.1) is 10.7 Å². The number of halogens is 1. The van der Waals surface area contributed by atoms with Gasteiger partial charge in [0.15, 0.2) is 0 Å². The maximum Gasteiger partial charge on any atom is 0.490 e. The Morgan fingerprint density at radius 2 is 2.08 bits per heavy atom. The first kappa shape index (κ1) is 9.38. The van der Waals surface area contributed by atoms with Crippen LogP contribution >= 0.6 is 11.6 Å². The van der Waals surface area contributed by atoms with Gasteiger partial charge in [-0.25, -0.2) is 0 Å². The van der Waals surface area contributed by atoms with Crippen LogP contribution in [-0.4, -0.2) is 24.2 Å². The minimum atomic E-state index is -1.52. The highest BCUT2D eigenvalue weighted by Crippen LogP contribution is 2.17. The van der Waals surface area contributed by atoms with Gasteiger partial charge in [0.25, 0.3) is 0 Å². The average molecular weight is 185 g/mol. The molecule has 1 rings (SSSR count). The quantitative estimate of drug-likeness (QED) is 0.571. The zero-order valence-electron chi connectivity index (χ0n) is 6.58. The molecule has 5 heteroatoms. The molecule has 0 saturated heterocycles. The minimum Gasteiger partial charge on any atom is -0.423 e. The summed E-state index contributed by atoms with van der Waals surface area (Å²) in [5.74, 6) is 0. The van der Waals surface area contributed by atoms with Gasteiger partial charge in [0, 0.05) is 12.5 Å². The maximum absolute atomic E-state index is 8.87. The Bertz CT molecular complexity index is 280. The molecule has 64 valence electrons. The molecule has 0 aliphatic carbocycles. The third kappa shape index (κ3) is 1.72. The van der Waals surface area contributed by atoms with Crippen molar-refractivity contribution in [1.29, 1.82) is 0 Å². The highest BCUT2D eigenvalue weighted by molar-refractivity contribution is 6.63. The molecule has 1 aromatic carbocycles. The molecule has 0 saturated carbocycles. The molecule has 12 heavy (non-hydrogen) atoms. The summed E-state index contributed by atoms with van der Waals surface area (Å²) in [6.45, 7) is 0. The van der Waals surface area contributed by atoms with Gasteiger partial charge in [-0.05, 0) is 6.07 Å². The van der Waals surface area contributed by atoms with E-state index in [1.807, 2.05) is 0 Å². The molecule has 3 nitrogen and oxygen atoms in total. The normalized spacial score (nSPS) is 9.67. The fraction of sp³-hybridized carbons (Fsp3) is 0.143. The highest BCUT2D eigenvalue weighted by Gasteiger charge is 2.16. The largest absolute Gasteiger partial charge is 0.490 e. The van der Waals surface area contributed by atoms with Gasteiger partial charge >= 0.3 is 7.12 Å². The van der Waals surface area contributed by atoms with Gasteiger partial charge in [-0.15, -0.1) is 0 Å². The third-order valence-electron chi connectivity index (χ3n) is 1.58. The van der Waals surface area contributed by atoms with E-state index in [1.54, 1.807) is 25.2 Å². The molecule has 0 bridgehead atoms. The Morgan fingerprint density at radius 3 is 2.58 bits per heavy atom. The van der Waals surface area contributed by atoms with E-state index in [9.17, 15) is 0 Å². The number of hydrogen-bond donors (Lipinski definition) is 3. The summed E-state index contributed by atoms with van der Waals surface area (Å²) < 4.78 is 0. The molecule has 0 aromatic heterocycles. The number of rotatable bonds is 2. The minimum absolute atomic E-state index is 0.309. The molecule has 0 heterocycles. The Labute approximate surface area is 76.1 Å². The second-order valence-electron chi connectivity index (χ2n) is 2.33. The van der Waals surface area contributed by atoms with E-state index in [0.717, 1.165) is 0 Å². The lowest BCUT2D eigenvalue weighted by Gasteiger charge is -2.07. The van der Waals surface area contributed by atoms with Crippen LogP contribution < -0.4 is 10.8 Å². The van der Waals surface area contributed by atoms with E-state index in [0.29, 0.717) is 16.2 Å². The Hall–Kier alpha value is -0.705. The van der Waals surface area contributed by atoms with Crippen LogP contribution in [0.4, 0.5) is 5.69 Å². The van der Waals surface area contributed by atoms with Gasteiger partial charge in [-0.1, -0.05) is 23.7 Å². The lowest BCUT2D eigenvalue weighted by molar-refractivity contribution is 0.426. The van der Waals surface area contributed by atoms with Crippen molar-refractivity contribution in [3.63, 3.8) is 0 Å². The van der Waals surface area contributed by atoms with E-state index >= 15 is 0 Å². The number of anilines is 1. The van der Waals surface area contributed by atoms with E-state index in [-0.39, 0.29) is 0 Å². The van der Waals surface area contributed by atoms with Crippen LogP contribution in [0.1, 0.15) is 0 Å². The van der Waals surface area contributed by atoms with Crippen molar-refractivity contribution in [3.8, 4) is 0 Å². The van der Waals surface area contributed by atoms with E-state index in [1.165, 1.54) is 0 Å². The lowest BCUT2D eigenvalue weighted by Crippen LogP contribution is -2.31. The van der Waals surface area contributed by atoms with Crippen molar-refractivity contribution in [3.05, 3.63) is 23.2 Å². The molecule has 0 amide bonds. The second kappa shape index (κ2) is 3.80. The first-order valence-corrected chi connectivity index (χ1v) is 3.87. The summed E-state index contributed by atoms with van der Waals surface area (Å²) in [6.07, 6.45) is 0. The van der Waals surface area contributed by atoms with Gasteiger partial charge in [-0.3, -0.25) is 0 Å². The van der Waals surface area contributed by atoms with Crippen molar-refractivity contribution in [2.75, 3.05) is 12.4 Å². The molecule has 0 aliphatic rings. The van der Waals surface area contributed by atoms with Gasteiger partial charge in [0.1, 0.15) is 0 Å². The molecule has 0 aliphatic heterocycles. The number of nitrogens with one attached hydrogen (secondary N) is 1. The molecular formula is C7H9BClNO2. The maximum atomic E-state index is 8.87. The zero-order chi connectivity index (χ0) is 9.14. The topological polar surface area (TPSA) is 52.5 Å². The van der Waals surface area contributed by atoms with Crippen LogP contribution in [0.2, 0.25) is 5.02 Å². The van der Waals surface area contributed by atoms with Crippen LogP contribution in [-0.2, 0) is 0 Å². The summed E-state index contributed by atoms with van der Waals surface area (Å²) in [6, 6.07) is 5.02. The third-order valence-corrected chi connectivity index (χ3v) is 2.00. The summed E-state index contributed by atoms with van der Waals surface area (Å²) in [4.78, 5) is 0. The average Bonchev–Trinajstić information content (AvgIpc) is 2.04. The Morgan fingerprint density at radius 1 is 1.42 bits per heavy atom. The van der Waals surface area contributed by atoms with E-state index in [2.05, 4.69) is 5.32 Å². The second-order valence-corrected chi connectivity index (χ2v) is 2.71. The van der Waals surface area contributed by atoms with Gasteiger partial charge in [0.2, 0.25) is 0 Å². The molecular weight excluding hydrogens is 176 g/mol. The Balaban J connectivity index is 3.14. The standard InChI is InChI=1S/C7H9BClNO2/c1-10-6-4-2-3-5(7(6)9)8(11)12/h2-4,10-12H,1H3. The summed E-state index contributed by atoms with van der Waals surface area (Å²) in [5.41, 5.74) is 0.991. The van der Waals surface area contributed by atoms with E-state index < -0.39 is 7.12 Å². The Kier molecular flexibility index (Phi) is 2.97. The van der Waals surface area contributed by atoms with Crippen LogP contribution in [0.15, 0.2) is 18.2 Å². The van der Waals surface area contributed by atoms with Crippen molar-refractivity contribution in [2.45, 2.75) is 0 Å². The zero-order valence-corrected chi connectivity index (χ0v) is 7.34. The smallest absolute Gasteiger partial charge is 0.423 e. The van der Waals surface area contributed by atoms with Crippen LogP contribution in [0.5, 0.6) is 0 Å². The summed E-state index contributed by atoms with van der Waals surface area (Å²) in [5, 5.41) is 20.9. The predicted octanol–water partition coefficient (Wildman–Crippen LogP) is 0.0615. The molecule has 0 radical (unpaired) electrons. The van der Waals surface area contributed by atoms with Gasteiger partial charge in [-0.2, -0.15) is 0 Å². The van der Waals surface area contributed by atoms with E-state index in [4.69, 9.17) is 21.6 Å². The van der Waals surface area contributed by atoms with Crippen molar-refractivity contribution in [2.24, 2.45) is 0 Å². The first-order valence-electron chi connectivity index (χ1n) is 3.49. The number of benzene rings is 1. The first-order chi connectivity index (χ1) is 5.66. The SMILES string of the molecule is CNc1cccc(B(O)O)c1Cl. The van der Waals surface area contributed by atoms with Crippen molar-refractivity contribution >= 4 is 29.9 Å². The number of hydrogen-bond acceptors (Lipinski definition) is 3. The fourth-order valence-electron chi connectivity index (χ4n) is 0.942. The molecule has 0 spiro atoms. The fourth-order valence-corrected chi connectivity index (χ4v) is 1.26. The predicted molar refractivity (Wildman–Crippen MR) is 50.8 cm³/mol. The molecule has 1 aromatic rings. The van der Waals surface area contributed by atoms with Crippen LogP contribution in [0.25, 0.3) is 0 Å². The van der Waals surface area contributed by atoms with Crippen molar-refractivity contribution < 1.29 is 10.0 Å². The molecule has 0 unspecified atom stereocenters. The highest BCUT2D eigenvalue weighted by atomic mass is 35.5. The molecule has 0 atom stereocenters.